The van der Waals surface area contributed by atoms with Crippen LogP contribution in [0.25, 0.3) is 0 Å². The lowest BCUT2D eigenvalue weighted by molar-refractivity contribution is 0.379. The molecule has 1 aromatic rings. The summed E-state index contributed by atoms with van der Waals surface area (Å²) in [6, 6.07) is 5.26. The summed E-state index contributed by atoms with van der Waals surface area (Å²) in [5.41, 5.74) is 0. The summed E-state index contributed by atoms with van der Waals surface area (Å²) in [4.78, 5) is 0.324. The van der Waals surface area contributed by atoms with Gasteiger partial charge in [0.1, 0.15) is 0 Å². The van der Waals surface area contributed by atoms with E-state index in [1.807, 2.05) is 13.1 Å². The van der Waals surface area contributed by atoms with Crippen molar-refractivity contribution in [2.75, 3.05) is 20.1 Å². The first-order chi connectivity index (χ1) is 8.96. The molecule has 1 saturated heterocycles. The molecular weight excluding hydrogens is 396 g/mol. The van der Waals surface area contributed by atoms with Crippen molar-refractivity contribution in [3.8, 4) is 0 Å². The summed E-state index contributed by atoms with van der Waals surface area (Å²) in [6.45, 7) is 1.28. The topological polar surface area (TPSA) is 49.4 Å². The van der Waals surface area contributed by atoms with Crippen LogP contribution in [0.4, 0.5) is 0 Å². The summed E-state index contributed by atoms with van der Waals surface area (Å²) in [5, 5.41) is 3.06. The minimum absolute atomic E-state index is 0.0425. The van der Waals surface area contributed by atoms with E-state index in [0.29, 0.717) is 22.5 Å². The van der Waals surface area contributed by atoms with Gasteiger partial charge in [0.05, 0.1) is 4.90 Å². The Morgan fingerprint density at radius 1 is 1.42 bits per heavy atom. The summed E-state index contributed by atoms with van der Waals surface area (Å²) < 4.78 is 28.5. The molecule has 0 bridgehead atoms. The van der Waals surface area contributed by atoms with Crippen molar-refractivity contribution in [3.63, 3.8) is 0 Å². The van der Waals surface area contributed by atoms with Crippen LogP contribution < -0.4 is 5.32 Å². The van der Waals surface area contributed by atoms with Gasteiger partial charge in [-0.15, -0.1) is 0 Å². The first kappa shape index (κ1) is 15.4. The molecule has 19 heavy (non-hydrogen) atoms. The number of nitrogens with one attached hydrogen (secondary N) is 1. The van der Waals surface area contributed by atoms with Crippen LogP contribution in [0, 0.1) is 0 Å². The molecule has 1 aliphatic heterocycles. The molecule has 1 unspecified atom stereocenters. The van der Waals surface area contributed by atoms with E-state index < -0.39 is 10.0 Å². The third-order valence-corrected chi connectivity index (χ3v) is 6.68. The second-order valence-electron chi connectivity index (χ2n) is 4.54. The van der Waals surface area contributed by atoms with Gasteiger partial charge in [0.15, 0.2) is 0 Å². The molecule has 1 atom stereocenters. The van der Waals surface area contributed by atoms with E-state index in [2.05, 4.69) is 37.2 Å². The zero-order valence-corrected chi connectivity index (χ0v) is 14.6. The van der Waals surface area contributed by atoms with Crippen molar-refractivity contribution in [2.45, 2.75) is 23.8 Å². The SMILES string of the molecule is CNCC1CCCN1S(=O)(=O)c1cc(Br)ccc1Br. The van der Waals surface area contributed by atoms with Gasteiger partial charge in [-0.25, -0.2) is 8.42 Å². The van der Waals surface area contributed by atoms with Gasteiger partial charge in [-0.3, -0.25) is 0 Å². The van der Waals surface area contributed by atoms with Gasteiger partial charge in [0, 0.05) is 28.1 Å². The fourth-order valence-corrected chi connectivity index (χ4v) is 5.52. The van der Waals surface area contributed by atoms with Crippen LogP contribution in [0.3, 0.4) is 0 Å². The van der Waals surface area contributed by atoms with Crippen molar-refractivity contribution in [1.82, 2.24) is 9.62 Å². The Kier molecular flexibility index (Phi) is 5.05. The highest BCUT2D eigenvalue weighted by atomic mass is 79.9. The van der Waals surface area contributed by atoms with E-state index >= 15 is 0 Å². The molecule has 7 heteroatoms. The molecule has 0 aromatic heterocycles. The molecular formula is C12H16Br2N2O2S. The lowest BCUT2D eigenvalue weighted by Crippen LogP contribution is -2.40. The lowest BCUT2D eigenvalue weighted by Gasteiger charge is -2.24. The Balaban J connectivity index is 2.39. The molecule has 1 heterocycles. The van der Waals surface area contributed by atoms with Crippen LogP contribution in [-0.2, 0) is 10.0 Å². The molecule has 0 spiro atoms. The molecule has 2 rings (SSSR count). The number of halogens is 2. The standard InChI is InChI=1S/C12H16Br2N2O2S/c1-15-8-10-3-2-6-16(10)19(17,18)12-7-9(13)4-5-11(12)14/h4-5,7,10,15H,2-3,6,8H2,1H3. The monoisotopic (exact) mass is 410 g/mol. The summed E-state index contributed by atoms with van der Waals surface area (Å²) in [5.74, 6) is 0. The maximum Gasteiger partial charge on any atom is 0.244 e. The van der Waals surface area contributed by atoms with Crippen molar-refractivity contribution in [1.29, 1.82) is 0 Å². The van der Waals surface area contributed by atoms with Gasteiger partial charge in [-0.1, -0.05) is 15.9 Å². The van der Waals surface area contributed by atoms with E-state index in [-0.39, 0.29) is 6.04 Å². The van der Waals surface area contributed by atoms with E-state index in [9.17, 15) is 8.42 Å². The Morgan fingerprint density at radius 3 is 2.84 bits per heavy atom. The zero-order chi connectivity index (χ0) is 14.0. The Hall–Kier alpha value is 0.0500. The normalized spacial score (nSPS) is 20.9. The average Bonchev–Trinajstić information content (AvgIpc) is 2.81. The highest BCUT2D eigenvalue weighted by molar-refractivity contribution is 9.11. The fraction of sp³-hybridized carbons (Fsp3) is 0.500. The van der Waals surface area contributed by atoms with E-state index in [1.165, 1.54) is 0 Å². The van der Waals surface area contributed by atoms with E-state index in [4.69, 9.17) is 0 Å². The van der Waals surface area contributed by atoms with Gasteiger partial charge in [-0.2, -0.15) is 4.31 Å². The first-order valence-corrected chi connectivity index (χ1v) is 9.11. The van der Waals surface area contributed by atoms with Gasteiger partial charge < -0.3 is 5.32 Å². The van der Waals surface area contributed by atoms with Crippen molar-refractivity contribution < 1.29 is 8.42 Å². The second-order valence-corrected chi connectivity index (χ2v) is 8.17. The number of rotatable bonds is 4. The third kappa shape index (κ3) is 3.21. The van der Waals surface area contributed by atoms with E-state index in [0.717, 1.165) is 17.3 Å². The van der Waals surface area contributed by atoms with Gasteiger partial charge in [0.25, 0.3) is 0 Å². The van der Waals surface area contributed by atoms with Crippen LogP contribution in [0.2, 0.25) is 0 Å². The molecule has 0 radical (unpaired) electrons. The zero-order valence-electron chi connectivity index (χ0n) is 10.6. The van der Waals surface area contributed by atoms with Crippen molar-refractivity contribution in [3.05, 3.63) is 27.1 Å². The lowest BCUT2D eigenvalue weighted by atomic mass is 10.2. The quantitative estimate of drug-likeness (QED) is 0.828. The predicted octanol–water partition coefficient (Wildman–Crippen LogP) is 2.58. The Morgan fingerprint density at radius 2 is 2.16 bits per heavy atom. The largest absolute Gasteiger partial charge is 0.318 e. The minimum atomic E-state index is -3.45. The van der Waals surface area contributed by atoms with Crippen LogP contribution in [0.5, 0.6) is 0 Å². The molecule has 1 N–H and O–H groups in total. The van der Waals surface area contributed by atoms with E-state index in [1.54, 1.807) is 16.4 Å². The smallest absolute Gasteiger partial charge is 0.244 e. The second kappa shape index (κ2) is 6.22. The number of benzene rings is 1. The molecule has 0 aliphatic carbocycles. The molecule has 1 fully saturated rings. The molecule has 0 saturated carbocycles. The molecule has 0 amide bonds. The predicted molar refractivity (Wildman–Crippen MR) is 82.7 cm³/mol. The van der Waals surface area contributed by atoms with Gasteiger partial charge in [-0.05, 0) is 54.0 Å². The molecule has 1 aromatic carbocycles. The maximum absolute atomic E-state index is 12.7. The summed E-state index contributed by atoms with van der Waals surface area (Å²) in [7, 11) is -1.60. The molecule has 106 valence electrons. The number of sulfonamides is 1. The van der Waals surface area contributed by atoms with Crippen molar-refractivity contribution >= 4 is 41.9 Å². The number of hydrogen-bond acceptors (Lipinski definition) is 3. The molecule has 4 nitrogen and oxygen atoms in total. The Bertz CT molecular complexity index is 563. The van der Waals surface area contributed by atoms with Crippen LogP contribution in [-0.4, -0.2) is 38.9 Å². The highest BCUT2D eigenvalue weighted by Gasteiger charge is 2.35. The highest BCUT2D eigenvalue weighted by Crippen LogP contribution is 2.31. The summed E-state index contributed by atoms with van der Waals surface area (Å²) >= 11 is 6.66. The first-order valence-electron chi connectivity index (χ1n) is 6.08. The van der Waals surface area contributed by atoms with Crippen LogP contribution in [0.15, 0.2) is 32.0 Å². The third-order valence-electron chi connectivity index (χ3n) is 3.24. The number of likely N-dealkylation sites (N-methyl/N-ethyl adjacent to an activating group) is 1. The van der Waals surface area contributed by atoms with Crippen LogP contribution >= 0.6 is 31.9 Å². The Labute approximate surface area is 130 Å². The number of nitrogens with zero attached hydrogens (tertiary/aromatic N) is 1. The number of hydrogen-bond donors (Lipinski definition) is 1. The molecule has 1 aliphatic rings. The van der Waals surface area contributed by atoms with Crippen molar-refractivity contribution in [2.24, 2.45) is 0 Å². The van der Waals surface area contributed by atoms with Gasteiger partial charge in [0.2, 0.25) is 10.0 Å². The van der Waals surface area contributed by atoms with Gasteiger partial charge >= 0.3 is 0 Å². The van der Waals surface area contributed by atoms with Crippen LogP contribution in [0.1, 0.15) is 12.8 Å². The average molecular weight is 412 g/mol. The fourth-order valence-electron chi connectivity index (χ4n) is 2.37. The summed E-state index contributed by atoms with van der Waals surface area (Å²) in [6.07, 6.45) is 1.82. The minimum Gasteiger partial charge on any atom is -0.318 e. The maximum atomic E-state index is 12.7.